The van der Waals surface area contributed by atoms with Gasteiger partial charge in [-0.05, 0) is 49.6 Å². The molecule has 34 heavy (non-hydrogen) atoms. The zero-order chi connectivity index (χ0) is 25.0. The van der Waals surface area contributed by atoms with Crippen molar-refractivity contribution in [1.29, 1.82) is 0 Å². The summed E-state index contributed by atoms with van der Waals surface area (Å²) in [5, 5.41) is 7.84. The maximum absolute atomic E-state index is 13.2. The lowest BCUT2D eigenvalue weighted by atomic mass is 9.75. The van der Waals surface area contributed by atoms with Gasteiger partial charge in [0, 0.05) is 23.7 Å². The van der Waals surface area contributed by atoms with Gasteiger partial charge < -0.3 is 9.47 Å². The third kappa shape index (κ3) is 5.86. The third-order valence-electron chi connectivity index (χ3n) is 5.13. The largest absolute Gasteiger partial charge is 0.462 e. The summed E-state index contributed by atoms with van der Waals surface area (Å²) in [7, 11) is -3.59. The van der Waals surface area contributed by atoms with Crippen molar-refractivity contribution in [2.45, 2.75) is 46.1 Å². The molecule has 12 heteroatoms. The lowest BCUT2D eigenvalue weighted by molar-refractivity contribution is -0.150. The number of aromatic nitrogens is 2. The van der Waals surface area contributed by atoms with Crippen molar-refractivity contribution in [1.82, 2.24) is 10.3 Å². The van der Waals surface area contributed by atoms with Crippen LogP contribution in [-0.4, -0.2) is 62.0 Å². The van der Waals surface area contributed by atoms with E-state index in [2.05, 4.69) is 19.5 Å². The Morgan fingerprint density at radius 3 is 2.56 bits per heavy atom. The molecule has 1 aliphatic rings. The van der Waals surface area contributed by atoms with Crippen LogP contribution in [0.15, 0.2) is 39.1 Å². The molecule has 0 saturated heterocycles. The van der Waals surface area contributed by atoms with Gasteiger partial charge in [-0.25, -0.2) is 9.42 Å². The molecule has 2 heterocycles. The first-order valence-corrected chi connectivity index (χ1v) is 12.5. The lowest BCUT2D eigenvalue weighted by Crippen LogP contribution is -2.37. The minimum Gasteiger partial charge on any atom is -0.462 e. The van der Waals surface area contributed by atoms with E-state index in [4.69, 9.17) is 14.1 Å². The van der Waals surface area contributed by atoms with E-state index < -0.39 is 33.9 Å². The number of allylic oxidation sites excluding steroid dienone is 1. The Morgan fingerprint density at radius 2 is 1.88 bits per heavy atom. The minimum absolute atomic E-state index is 0.0859. The quantitative estimate of drug-likeness (QED) is 0.290. The SMILES string of the molecule is CC1=NC(C)=C(C(=O)OCCCOS(C)(=O)=O)C(c2cccc3nonc23)C1C(=O)OC(C)C. The summed E-state index contributed by atoms with van der Waals surface area (Å²) >= 11 is 0. The zero-order valence-corrected chi connectivity index (χ0v) is 20.4. The van der Waals surface area contributed by atoms with E-state index in [9.17, 15) is 18.0 Å². The molecule has 0 aliphatic carbocycles. The highest BCUT2D eigenvalue weighted by Crippen LogP contribution is 2.42. The van der Waals surface area contributed by atoms with Gasteiger partial charge >= 0.3 is 11.9 Å². The predicted molar refractivity (Wildman–Crippen MR) is 121 cm³/mol. The molecule has 11 nitrogen and oxygen atoms in total. The van der Waals surface area contributed by atoms with E-state index in [-0.39, 0.29) is 31.3 Å². The molecule has 0 fully saturated rings. The van der Waals surface area contributed by atoms with Crippen molar-refractivity contribution in [3.63, 3.8) is 0 Å². The van der Waals surface area contributed by atoms with Crippen molar-refractivity contribution < 1.29 is 36.3 Å². The van der Waals surface area contributed by atoms with Crippen molar-refractivity contribution >= 4 is 38.8 Å². The van der Waals surface area contributed by atoms with Gasteiger partial charge in [-0.3, -0.25) is 14.0 Å². The molecule has 2 atom stereocenters. The van der Waals surface area contributed by atoms with Gasteiger partial charge in [-0.15, -0.1) is 0 Å². The van der Waals surface area contributed by atoms with Gasteiger partial charge in [0.25, 0.3) is 10.1 Å². The maximum Gasteiger partial charge on any atom is 0.336 e. The molecule has 0 N–H and O–H groups in total. The number of carbonyl (C=O) groups excluding carboxylic acids is 2. The number of hydrogen-bond donors (Lipinski definition) is 0. The van der Waals surface area contributed by atoms with Crippen LogP contribution in [0.2, 0.25) is 0 Å². The number of hydrogen-bond acceptors (Lipinski definition) is 11. The van der Waals surface area contributed by atoms with Crippen LogP contribution >= 0.6 is 0 Å². The van der Waals surface area contributed by atoms with Crippen molar-refractivity contribution in [3.05, 3.63) is 35.0 Å². The summed E-state index contributed by atoms with van der Waals surface area (Å²) in [6.45, 7) is 6.62. The highest BCUT2D eigenvalue weighted by molar-refractivity contribution is 7.85. The minimum atomic E-state index is -3.59. The fraction of sp³-hybridized carbons (Fsp3) is 0.500. The first-order chi connectivity index (χ1) is 16.0. The first-order valence-electron chi connectivity index (χ1n) is 10.7. The van der Waals surface area contributed by atoms with Crippen LogP contribution in [-0.2, 0) is 33.4 Å². The molecule has 3 rings (SSSR count). The number of benzene rings is 1. The summed E-state index contributed by atoms with van der Waals surface area (Å²) in [4.78, 5) is 30.8. The lowest BCUT2D eigenvalue weighted by Gasteiger charge is -2.32. The van der Waals surface area contributed by atoms with Crippen molar-refractivity contribution in [3.8, 4) is 0 Å². The number of aliphatic imine (C=N–C) groups is 1. The van der Waals surface area contributed by atoms with Crippen LogP contribution in [0.4, 0.5) is 0 Å². The zero-order valence-electron chi connectivity index (χ0n) is 19.6. The molecule has 0 spiro atoms. The van der Waals surface area contributed by atoms with Crippen LogP contribution in [0.1, 0.15) is 45.6 Å². The van der Waals surface area contributed by atoms with Gasteiger partial charge in [0.05, 0.1) is 31.1 Å². The van der Waals surface area contributed by atoms with Crippen LogP contribution in [0, 0.1) is 5.92 Å². The van der Waals surface area contributed by atoms with Gasteiger partial charge in [0.15, 0.2) is 0 Å². The molecular weight excluding hydrogens is 466 g/mol. The Kier molecular flexibility index (Phi) is 7.82. The number of esters is 2. The highest BCUT2D eigenvalue weighted by atomic mass is 32.2. The molecule has 0 radical (unpaired) electrons. The van der Waals surface area contributed by atoms with Gasteiger partial charge in [0.1, 0.15) is 17.0 Å². The fourth-order valence-electron chi connectivity index (χ4n) is 3.84. The fourth-order valence-corrected chi connectivity index (χ4v) is 4.26. The number of nitrogens with zero attached hydrogens (tertiary/aromatic N) is 3. The van der Waals surface area contributed by atoms with E-state index >= 15 is 0 Å². The highest BCUT2D eigenvalue weighted by Gasteiger charge is 2.43. The number of rotatable bonds is 9. The Labute approximate surface area is 197 Å². The molecule has 1 aromatic heterocycles. The average molecular weight is 494 g/mol. The molecular formula is C22H27N3O8S. The first kappa shape index (κ1) is 25.5. The average Bonchev–Trinajstić information content (AvgIpc) is 3.20. The van der Waals surface area contributed by atoms with Crippen LogP contribution in [0.5, 0.6) is 0 Å². The molecule has 0 saturated carbocycles. The van der Waals surface area contributed by atoms with Crippen LogP contribution in [0.25, 0.3) is 11.0 Å². The predicted octanol–water partition coefficient (Wildman–Crippen LogP) is 2.53. The second-order valence-electron chi connectivity index (χ2n) is 8.19. The Hall–Kier alpha value is -3.12. The Morgan fingerprint density at radius 1 is 1.15 bits per heavy atom. The molecule has 0 amide bonds. The van der Waals surface area contributed by atoms with Crippen LogP contribution in [0.3, 0.4) is 0 Å². The smallest absolute Gasteiger partial charge is 0.336 e. The Balaban J connectivity index is 1.97. The molecule has 2 aromatic rings. The monoisotopic (exact) mass is 493 g/mol. The standard InChI is InChI=1S/C22H27N3O8S/c1-12(2)32-22(27)18-14(4)23-13(3)17(21(26)30-10-7-11-31-34(5,28)29)19(18)15-8-6-9-16-20(15)25-33-24-16/h6,8-9,12,18-19H,7,10-11H2,1-5H3. The summed E-state index contributed by atoms with van der Waals surface area (Å²) in [6, 6.07) is 5.18. The molecule has 2 unspecified atom stereocenters. The molecule has 184 valence electrons. The number of fused-ring (bicyclic) bond motifs is 1. The van der Waals surface area contributed by atoms with E-state index in [1.54, 1.807) is 45.9 Å². The normalized spacial score (nSPS) is 18.8. The summed E-state index contributed by atoms with van der Waals surface area (Å²) in [5.41, 5.74) is 2.48. The van der Waals surface area contributed by atoms with Gasteiger partial charge in [-0.1, -0.05) is 12.1 Å². The van der Waals surface area contributed by atoms with Crippen molar-refractivity contribution in [2.75, 3.05) is 19.5 Å². The second kappa shape index (κ2) is 10.4. The van der Waals surface area contributed by atoms with Gasteiger partial charge in [-0.2, -0.15) is 8.42 Å². The summed E-state index contributed by atoms with van der Waals surface area (Å²) in [6.07, 6.45) is 0.734. The third-order valence-corrected chi connectivity index (χ3v) is 5.72. The van der Waals surface area contributed by atoms with Crippen molar-refractivity contribution in [2.24, 2.45) is 10.9 Å². The topological polar surface area (TPSA) is 147 Å². The van der Waals surface area contributed by atoms with E-state index in [1.807, 2.05) is 0 Å². The number of ether oxygens (including phenoxy) is 2. The molecule has 1 aliphatic heterocycles. The van der Waals surface area contributed by atoms with Gasteiger partial charge in [0.2, 0.25) is 0 Å². The maximum atomic E-state index is 13.2. The van der Waals surface area contributed by atoms with Crippen LogP contribution < -0.4 is 0 Å². The second-order valence-corrected chi connectivity index (χ2v) is 9.83. The number of carbonyl (C=O) groups is 2. The summed E-state index contributed by atoms with van der Waals surface area (Å²) < 4.78 is 42.6. The summed E-state index contributed by atoms with van der Waals surface area (Å²) in [5.74, 6) is -2.92. The van der Waals surface area contributed by atoms with E-state index in [0.717, 1.165) is 6.26 Å². The Bertz CT molecular complexity index is 1250. The van der Waals surface area contributed by atoms with E-state index in [0.29, 0.717) is 28.0 Å². The molecule has 0 bridgehead atoms. The molecule has 1 aromatic carbocycles. The van der Waals surface area contributed by atoms with E-state index in [1.165, 1.54) is 0 Å².